The van der Waals surface area contributed by atoms with Crippen LogP contribution in [-0.2, 0) is 11.0 Å². The van der Waals surface area contributed by atoms with Gasteiger partial charge in [0, 0.05) is 11.8 Å². The van der Waals surface area contributed by atoms with Crippen LogP contribution in [0.1, 0.15) is 45.0 Å². The molecule has 1 aromatic carbocycles. The first-order chi connectivity index (χ1) is 12.2. The lowest BCUT2D eigenvalue weighted by Gasteiger charge is -2.21. The van der Waals surface area contributed by atoms with Gasteiger partial charge in [0.2, 0.25) is 0 Å². The van der Waals surface area contributed by atoms with Crippen LogP contribution in [0.3, 0.4) is 0 Å². The Morgan fingerprint density at radius 1 is 1.25 bits per heavy atom. The van der Waals surface area contributed by atoms with Crippen LogP contribution in [0.4, 0.5) is 0 Å². The summed E-state index contributed by atoms with van der Waals surface area (Å²) in [4.78, 5) is 0. The molecule has 3 aromatic rings. The molecule has 1 aliphatic rings. The average Bonchev–Trinajstić information content (AvgIpc) is 3.26. The van der Waals surface area contributed by atoms with Crippen molar-refractivity contribution in [2.45, 2.75) is 37.7 Å². The molecule has 124 valence electrons. The molecule has 2 heterocycles. The summed E-state index contributed by atoms with van der Waals surface area (Å²) in [5.41, 5.74) is 0.594. The quantitative estimate of drug-likeness (QED) is 0.772. The molecule has 0 aliphatic heterocycles. The van der Waals surface area contributed by atoms with Crippen LogP contribution in [0.2, 0.25) is 0 Å². The Kier molecular flexibility index (Phi) is 2.80. The molecule has 1 unspecified atom stereocenters. The first-order valence-corrected chi connectivity index (χ1v) is 8.03. The lowest BCUT2D eigenvalue weighted by Crippen LogP contribution is -2.26. The van der Waals surface area contributed by atoms with Gasteiger partial charge >= 0.3 is 0 Å². The minimum atomic E-state index is -2.81. The van der Waals surface area contributed by atoms with Gasteiger partial charge in [-0.05, 0) is 38.3 Å². The molecule has 0 spiro atoms. The Hall–Kier alpha value is -2.24. The van der Waals surface area contributed by atoms with Crippen LogP contribution in [0, 0.1) is 6.92 Å². The fraction of sp³-hybridized carbons (Fsp3) is 0.368. The zero-order valence-electron chi connectivity index (χ0n) is 15.7. The third-order valence-corrected chi connectivity index (χ3v) is 4.96. The Morgan fingerprint density at radius 2 is 1.96 bits per heavy atom. The number of fused-ring (bicyclic) bond motifs is 1. The highest BCUT2D eigenvalue weighted by Gasteiger charge is 2.49. The number of hydrogen-bond acceptors (Lipinski definition) is 4. The van der Waals surface area contributed by atoms with Crippen molar-refractivity contribution < 1.29 is 13.0 Å². The lowest BCUT2D eigenvalue weighted by atomic mass is 9.94. The topological polar surface area (TPSA) is 70.7 Å². The summed E-state index contributed by atoms with van der Waals surface area (Å²) in [6, 6.07) is 11.6. The Labute approximate surface area is 143 Å². The second kappa shape index (κ2) is 5.13. The molecule has 1 saturated carbocycles. The smallest absolute Gasteiger partial charge is 0.167 e. The van der Waals surface area contributed by atoms with E-state index in [1.807, 2.05) is 13.1 Å². The molecule has 0 amide bonds. The van der Waals surface area contributed by atoms with E-state index in [9.17, 15) is 10.2 Å². The van der Waals surface area contributed by atoms with Gasteiger partial charge in [0.1, 0.15) is 11.4 Å². The number of aliphatic hydroxyl groups is 2. The molecule has 2 N–H and O–H groups in total. The third-order valence-electron chi connectivity index (χ3n) is 4.96. The Balaban J connectivity index is 1.87. The van der Waals surface area contributed by atoms with Crippen molar-refractivity contribution >= 4 is 5.65 Å². The van der Waals surface area contributed by atoms with Crippen LogP contribution in [0.5, 0.6) is 0 Å². The van der Waals surface area contributed by atoms with Crippen molar-refractivity contribution in [3.05, 3.63) is 65.1 Å². The van der Waals surface area contributed by atoms with E-state index >= 15 is 0 Å². The fourth-order valence-electron chi connectivity index (χ4n) is 3.32. The first-order valence-electron chi connectivity index (χ1n) is 9.03. The summed E-state index contributed by atoms with van der Waals surface area (Å²) < 4.78 is 16.9. The maximum Gasteiger partial charge on any atom is 0.167 e. The van der Waals surface area contributed by atoms with Crippen LogP contribution in [0.15, 0.2) is 42.6 Å². The molecule has 5 heteroatoms. The van der Waals surface area contributed by atoms with E-state index in [4.69, 9.17) is 2.74 Å². The predicted octanol–water partition coefficient (Wildman–Crippen LogP) is 2.32. The van der Waals surface area contributed by atoms with E-state index in [0.29, 0.717) is 5.65 Å². The van der Waals surface area contributed by atoms with Gasteiger partial charge in [-0.3, -0.25) is 4.40 Å². The first kappa shape index (κ1) is 13.1. The number of rotatable bonds is 4. The van der Waals surface area contributed by atoms with Gasteiger partial charge in [0.15, 0.2) is 5.65 Å². The summed E-state index contributed by atoms with van der Waals surface area (Å²) >= 11 is 0. The zero-order valence-corrected chi connectivity index (χ0v) is 13.7. The van der Waals surface area contributed by atoms with E-state index in [1.165, 1.54) is 18.1 Å². The molecule has 1 atom stereocenters. The highest BCUT2D eigenvalue weighted by molar-refractivity contribution is 5.53. The van der Waals surface area contributed by atoms with Gasteiger partial charge in [0.05, 0.1) is 14.7 Å². The standard InChI is InChI=1S/C19H21N3O2/c1-13-5-7-14(8-6-13)19(9-10-19)17-21-20-16-15(18(2,24)12-23)4-3-11-22(16)17/h3-8,11,23-24H,9-10,12H2,1-2H3/i12D2. The van der Waals surface area contributed by atoms with Gasteiger partial charge in [-0.25, -0.2) is 0 Å². The van der Waals surface area contributed by atoms with Crippen molar-refractivity contribution in [3.8, 4) is 0 Å². The molecular weight excluding hydrogens is 302 g/mol. The SMILES string of the molecule is [2H]C([2H])(O)C(C)(O)c1cccn2c(C3(c4ccc(C)cc4)CC3)nnc12. The molecule has 1 fully saturated rings. The number of nitrogens with zero attached hydrogens (tertiary/aromatic N) is 3. The van der Waals surface area contributed by atoms with Crippen molar-refractivity contribution in [1.82, 2.24) is 14.6 Å². The molecule has 0 saturated heterocycles. The normalized spacial score (nSPS) is 20.3. The van der Waals surface area contributed by atoms with Crippen LogP contribution in [0.25, 0.3) is 5.65 Å². The van der Waals surface area contributed by atoms with Gasteiger partial charge in [-0.1, -0.05) is 35.9 Å². The molecule has 24 heavy (non-hydrogen) atoms. The zero-order chi connectivity index (χ0) is 18.7. The average molecular weight is 325 g/mol. The van der Waals surface area contributed by atoms with Crippen LogP contribution < -0.4 is 0 Å². The second-order valence-electron chi connectivity index (χ2n) is 6.77. The maximum absolute atomic E-state index is 10.6. The second-order valence-corrected chi connectivity index (χ2v) is 6.77. The lowest BCUT2D eigenvalue weighted by molar-refractivity contribution is -0.00148. The number of aryl methyl sites for hydroxylation is 1. The van der Waals surface area contributed by atoms with Gasteiger partial charge in [-0.15, -0.1) is 10.2 Å². The highest BCUT2D eigenvalue weighted by Crippen LogP contribution is 2.52. The van der Waals surface area contributed by atoms with Gasteiger partial charge in [-0.2, -0.15) is 0 Å². The minimum Gasteiger partial charge on any atom is -0.393 e. The highest BCUT2D eigenvalue weighted by atomic mass is 16.3. The minimum absolute atomic E-state index is 0.200. The Morgan fingerprint density at radius 3 is 2.58 bits per heavy atom. The number of pyridine rings is 1. The maximum atomic E-state index is 10.6. The Bertz CT molecular complexity index is 971. The van der Waals surface area contributed by atoms with Gasteiger partial charge in [0.25, 0.3) is 0 Å². The molecule has 0 bridgehead atoms. The monoisotopic (exact) mass is 325 g/mol. The van der Waals surface area contributed by atoms with Gasteiger partial charge < -0.3 is 10.2 Å². The van der Waals surface area contributed by atoms with Crippen molar-refractivity contribution in [1.29, 1.82) is 0 Å². The summed E-state index contributed by atoms with van der Waals surface area (Å²) in [5.74, 6) is 0.771. The molecule has 4 rings (SSSR count). The number of aromatic nitrogens is 3. The van der Waals surface area contributed by atoms with Crippen LogP contribution >= 0.6 is 0 Å². The molecule has 5 nitrogen and oxygen atoms in total. The van der Waals surface area contributed by atoms with E-state index in [1.54, 1.807) is 16.5 Å². The number of hydrogen-bond donors (Lipinski definition) is 2. The number of benzene rings is 1. The predicted molar refractivity (Wildman–Crippen MR) is 90.8 cm³/mol. The van der Waals surface area contributed by atoms with Crippen molar-refractivity contribution in [2.24, 2.45) is 0 Å². The third kappa shape index (κ3) is 2.16. The fourth-order valence-corrected chi connectivity index (χ4v) is 3.32. The van der Waals surface area contributed by atoms with E-state index in [-0.39, 0.29) is 11.0 Å². The molecule has 1 aliphatic carbocycles. The molecule has 2 aromatic heterocycles. The summed E-state index contributed by atoms with van der Waals surface area (Å²) in [6.45, 7) is 0.478. The molecule has 0 radical (unpaired) electrons. The van der Waals surface area contributed by atoms with E-state index in [2.05, 4.69) is 34.5 Å². The largest absolute Gasteiger partial charge is 0.393 e. The summed E-state index contributed by atoms with van der Waals surface area (Å²) in [7, 11) is 0. The van der Waals surface area contributed by atoms with E-state index in [0.717, 1.165) is 18.7 Å². The summed E-state index contributed by atoms with van der Waals surface area (Å²) in [6.07, 6.45) is 3.72. The molecular formula is C19H21N3O2. The van der Waals surface area contributed by atoms with Crippen molar-refractivity contribution in [3.63, 3.8) is 0 Å². The van der Waals surface area contributed by atoms with Crippen LogP contribution in [-0.4, -0.2) is 31.4 Å². The van der Waals surface area contributed by atoms with E-state index < -0.39 is 12.2 Å². The summed E-state index contributed by atoms with van der Waals surface area (Å²) in [5, 5.41) is 29.0. The van der Waals surface area contributed by atoms with Crippen molar-refractivity contribution in [2.75, 3.05) is 6.56 Å².